The van der Waals surface area contributed by atoms with Crippen molar-refractivity contribution < 1.29 is 5.11 Å². The molecule has 0 amide bonds. The summed E-state index contributed by atoms with van der Waals surface area (Å²) in [5.41, 5.74) is 0. The minimum atomic E-state index is -0.121. The number of nitrogens with one attached hydrogen (secondary N) is 1. The van der Waals surface area contributed by atoms with Crippen LogP contribution in [0.2, 0.25) is 0 Å². The van der Waals surface area contributed by atoms with Gasteiger partial charge in [0.1, 0.15) is 0 Å². The van der Waals surface area contributed by atoms with E-state index in [0.29, 0.717) is 12.0 Å². The molecule has 1 saturated heterocycles. The Morgan fingerprint density at radius 2 is 2.06 bits per heavy atom. The number of piperidine rings is 1. The molecule has 18 heavy (non-hydrogen) atoms. The SMILES string of the molecule is CCNC1CC(C(O)CC)CN(C2CCC2C)C1. The van der Waals surface area contributed by atoms with Gasteiger partial charge in [-0.1, -0.05) is 20.8 Å². The molecule has 3 heteroatoms. The number of aliphatic hydroxyl groups is 1. The Morgan fingerprint density at radius 1 is 1.28 bits per heavy atom. The number of hydrogen-bond acceptors (Lipinski definition) is 3. The van der Waals surface area contributed by atoms with Crippen molar-refractivity contribution in [2.45, 2.75) is 64.6 Å². The van der Waals surface area contributed by atoms with Crippen LogP contribution in [0.4, 0.5) is 0 Å². The van der Waals surface area contributed by atoms with Crippen molar-refractivity contribution in [3.8, 4) is 0 Å². The Labute approximate surface area is 112 Å². The van der Waals surface area contributed by atoms with Gasteiger partial charge in [-0.25, -0.2) is 0 Å². The van der Waals surface area contributed by atoms with Crippen LogP contribution in [0.1, 0.15) is 46.5 Å². The van der Waals surface area contributed by atoms with Crippen LogP contribution in [-0.2, 0) is 0 Å². The van der Waals surface area contributed by atoms with E-state index in [0.717, 1.165) is 37.9 Å². The van der Waals surface area contributed by atoms with Crippen molar-refractivity contribution in [3.05, 3.63) is 0 Å². The summed E-state index contributed by atoms with van der Waals surface area (Å²) >= 11 is 0. The Balaban J connectivity index is 1.97. The summed E-state index contributed by atoms with van der Waals surface area (Å²) in [6.45, 7) is 9.96. The van der Waals surface area contributed by atoms with Gasteiger partial charge in [0, 0.05) is 25.2 Å². The molecule has 0 aromatic rings. The average Bonchev–Trinajstić information content (AvgIpc) is 2.36. The molecule has 0 bridgehead atoms. The molecular formula is C15H30N2O. The average molecular weight is 254 g/mol. The lowest BCUT2D eigenvalue weighted by atomic mass is 9.77. The standard InChI is InChI=1S/C15H30N2O/c1-4-15(18)12-8-13(16-5-2)10-17(9-12)14-7-6-11(14)3/h11-16,18H,4-10H2,1-3H3. The van der Waals surface area contributed by atoms with Gasteiger partial charge in [0.05, 0.1) is 6.10 Å². The lowest BCUT2D eigenvalue weighted by Crippen LogP contribution is -2.58. The second-order valence-corrected chi connectivity index (χ2v) is 6.30. The Morgan fingerprint density at radius 3 is 2.56 bits per heavy atom. The van der Waals surface area contributed by atoms with Gasteiger partial charge in [-0.3, -0.25) is 4.90 Å². The van der Waals surface area contributed by atoms with E-state index < -0.39 is 0 Å². The smallest absolute Gasteiger partial charge is 0.0578 e. The van der Waals surface area contributed by atoms with Crippen LogP contribution in [0.15, 0.2) is 0 Å². The van der Waals surface area contributed by atoms with E-state index in [2.05, 4.69) is 31.0 Å². The van der Waals surface area contributed by atoms with E-state index in [1.807, 2.05) is 0 Å². The van der Waals surface area contributed by atoms with Crippen LogP contribution in [0, 0.1) is 11.8 Å². The third-order valence-corrected chi connectivity index (χ3v) is 5.01. The maximum absolute atomic E-state index is 10.2. The second-order valence-electron chi connectivity index (χ2n) is 6.30. The number of likely N-dealkylation sites (N-methyl/N-ethyl adjacent to an activating group) is 1. The molecular weight excluding hydrogens is 224 g/mol. The van der Waals surface area contributed by atoms with Gasteiger partial charge >= 0.3 is 0 Å². The molecule has 1 aliphatic carbocycles. The topological polar surface area (TPSA) is 35.5 Å². The molecule has 3 nitrogen and oxygen atoms in total. The first-order chi connectivity index (χ1) is 8.65. The van der Waals surface area contributed by atoms with Crippen molar-refractivity contribution in [3.63, 3.8) is 0 Å². The van der Waals surface area contributed by atoms with Crippen molar-refractivity contribution in [2.75, 3.05) is 19.6 Å². The van der Waals surface area contributed by atoms with E-state index in [1.165, 1.54) is 19.4 Å². The summed E-state index contributed by atoms with van der Waals surface area (Å²) in [7, 11) is 0. The van der Waals surface area contributed by atoms with Crippen LogP contribution < -0.4 is 5.32 Å². The quantitative estimate of drug-likeness (QED) is 0.786. The fourth-order valence-electron chi connectivity index (χ4n) is 3.68. The highest BCUT2D eigenvalue weighted by Crippen LogP contribution is 2.35. The monoisotopic (exact) mass is 254 g/mol. The molecule has 5 atom stereocenters. The molecule has 1 aliphatic heterocycles. The third-order valence-electron chi connectivity index (χ3n) is 5.01. The number of likely N-dealkylation sites (tertiary alicyclic amines) is 1. The molecule has 0 aromatic carbocycles. The fraction of sp³-hybridized carbons (Fsp3) is 1.00. The summed E-state index contributed by atoms with van der Waals surface area (Å²) in [6, 6.07) is 1.35. The molecule has 0 aromatic heterocycles. The molecule has 0 radical (unpaired) electrons. The van der Waals surface area contributed by atoms with Crippen molar-refractivity contribution >= 4 is 0 Å². The number of hydrogen-bond donors (Lipinski definition) is 2. The maximum Gasteiger partial charge on any atom is 0.0578 e. The Hall–Kier alpha value is -0.120. The van der Waals surface area contributed by atoms with Crippen molar-refractivity contribution in [1.29, 1.82) is 0 Å². The number of rotatable bonds is 5. The fourth-order valence-corrected chi connectivity index (χ4v) is 3.68. The van der Waals surface area contributed by atoms with Crippen LogP contribution in [0.3, 0.4) is 0 Å². The first-order valence-corrected chi connectivity index (χ1v) is 7.81. The maximum atomic E-state index is 10.2. The Kier molecular flexibility index (Phi) is 5.05. The lowest BCUT2D eigenvalue weighted by molar-refractivity contribution is -0.0158. The zero-order valence-corrected chi connectivity index (χ0v) is 12.2. The van der Waals surface area contributed by atoms with Crippen molar-refractivity contribution in [1.82, 2.24) is 10.2 Å². The van der Waals surface area contributed by atoms with Gasteiger partial charge in [-0.15, -0.1) is 0 Å². The predicted octanol–water partition coefficient (Wildman–Crippen LogP) is 1.86. The second kappa shape index (κ2) is 6.36. The largest absolute Gasteiger partial charge is 0.393 e. The predicted molar refractivity (Wildman–Crippen MR) is 75.6 cm³/mol. The van der Waals surface area contributed by atoms with E-state index in [-0.39, 0.29) is 6.10 Å². The van der Waals surface area contributed by atoms with E-state index >= 15 is 0 Å². The lowest BCUT2D eigenvalue weighted by Gasteiger charge is -2.49. The zero-order chi connectivity index (χ0) is 13.1. The molecule has 2 rings (SSSR count). The molecule has 0 spiro atoms. The summed E-state index contributed by atoms with van der Waals surface area (Å²) in [4.78, 5) is 2.65. The van der Waals surface area contributed by atoms with Crippen LogP contribution in [0.25, 0.3) is 0 Å². The molecule has 5 unspecified atom stereocenters. The van der Waals surface area contributed by atoms with Gasteiger partial charge in [0.15, 0.2) is 0 Å². The summed E-state index contributed by atoms with van der Waals surface area (Å²) in [5, 5.41) is 13.8. The van der Waals surface area contributed by atoms with Crippen molar-refractivity contribution in [2.24, 2.45) is 11.8 Å². The highest BCUT2D eigenvalue weighted by molar-refractivity contribution is 4.94. The zero-order valence-electron chi connectivity index (χ0n) is 12.2. The van der Waals surface area contributed by atoms with Crippen LogP contribution >= 0.6 is 0 Å². The van der Waals surface area contributed by atoms with E-state index in [4.69, 9.17) is 0 Å². The van der Waals surface area contributed by atoms with Gasteiger partial charge in [-0.2, -0.15) is 0 Å². The molecule has 2 N–H and O–H groups in total. The van der Waals surface area contributed by atoms with Gasteiger partial charge in [-0.05, 0) is 44.1 Å². The van der Waals surface area contributed by atoms with E-state index in [1.54, 1.807) is 0 Å². The molecule has 2 fully saturated rings. The minimum absolute atomic E-state index is 0.121. The molecule has 106 valence electrons. The van der Waals surface area contributed by atoms with Gasteiger partial charge < -0.3 is 10.4 Å². The first-order valence-electron chi connectivity index (χ1n) is 7.81. The Bertz CT molecular complexity index is 259. The highest BCUT2D eigenvalue weighted by atomic mass is 16.3. The summed E-state index contributed by atoms with van der Waals surface area (Å²) in [6.07, 6.45) is 4.64. The number of nitrogens with zero attached hydrogens (tertiary/aromatic N) is 1. The molecule has 1 saturated carbocycles. The van der Waals surface area contributed by atoms with Crippen LogP contribution in [-0.4, -0.2) is 47.8 Å². The van der Waals surface area contributed by atoms with Gasteiger partial charge in [0.25, 0.3) is 0 Å². The summed E-state index contributed by atoms with van der Waals surface area (Å²) < 4.78 is 0. The summed E-state index contributed by atoms with van der Waals surface area (Å²) in [5.74, 6) is 1.31. The van der Waals surface area contributed by atoms with E-state index in [9.17, 15) is 5.11 Å². The molecule has 2 aliphatic rings. The highest BCUT2D eigenvalue weighted by Gasteiger charge is 2.38. The van der Waals surface area contributed by atoms with Gasteiger partial charge in [0.2, 0.25) is 0 Å². The normalized spacial score (nSPS) is 39.3. The first kappa shape index (κ1) is 14.3. The number of aliphatic hydroxyl groups excluding tert-OH is 1. The third kappa shape index (κ3) is 3.06. The minimum Gasteiger partial charge on any atom is -0.393 e. The van der Waals surface area contributed by atoms with Crippen LogP contribution in [0.5, 0.6) is 0 Å². The molecule has 1 heterocycles.